The zero-order valence-electron chi connectivity index (χ0n) is 9.23. The standard InChI is InChI=1S/C13H14O3/c1-4-8-15-11-6-5-7-12(9-11)16-13(14)10(2)3/h4-7,9H,1-2,8H2,3H3. The van der Waals surface area contributed by atoms with Gasteiger partial charge in [0.05, 0.1) is 0 Å². The van der Waals surface area contributed by atoms with Crippen molar-refractivity contribution in [2.75, 3.05) is 6.61 Å². The number of carbonyl (C=O) groups is 1. The quantitative estimate of drug-likeness (QED) is 0.330. The van der Waals surface area contributed by atoms with Gasteiger partial charge in [-0.05, 0) is 19.1 Å². The van der Waals surface area contributed by atoms with E-state index in [0.29, 0.717) is 23.7 Å². The average molecular weight is 218 g/mol. The minimum absolute atomic E-state index is 0.359. The van der Waals surface area contributed by atoms with E-state index in [1.807, 2.05) is 0 Å². The van der Waals surface area contributed by atoms with Crippen LogP contribution in [0.3, 0.4) is 0 Å². The summed E-state index contributed by atoms with van der Waals surface area (Å²) in [5, 5.41) is 0. The molecule has 0 N–H and O–H groups in total. The summed E-state index contributed by atoms with van der Waals surface area (Å²) in [4.78, 5) is 11.3. The van der Waals surface area contributed by atoms with Crippen LogP contribution >= 0.6 is 0 Å². The Labute approximate surface area is 95.0 Å². The van der Waals surface area contributed by atoms with Gasteiger partial charge in [-0.25, -0.2) is 4.79 Å². The molecule has 0 saturated carbocycles. The fraction of sp³-hybridized carbons (Fsp3) is 0.154. The second-order valence-corrected chi connectivity index (χ2v) is 3.24. The zero-order chi connectivity index (χ0) is 12.0. The van der Waals surface area contributed by atoms with E-state index in [1.54, 1.807) is 37.3 Å². The average Bonchev–Trinajstić information content (AvgIpc) is 2.26. The van der Waals surface area contributed by atoms with Crippen LogP contribution in [0.2, 0.25) is 0 Å². The Balaban J connectivity index is 2.70. The van der Waals surface area contributed by atoms with Gasteiger partial charge in [0, 0.05) is 11.6 Å². The van der Waals surface area contributed by atoms with Gasteiger partial charge in [0.1, 0.15) is 18.1 Å². The first-order chi connectivity index (χ1) is 7.63. The van der Waals surface area contributed by atoms with Gasteiger partial charge in [-0.3, -0.25) is 0 Å². The Morgan fingerprint density at radius 2 is 2.12 bits per heavy atom. The minimum atomic E-state index is -0.444. The molecule has 16 heavy (non-hydrogen) atoms. The molecule has 0 fully saturated rings. The van der Waals surface area contributed by atoms with Gasteiger partial charge in [0.25, 0.3) is 0 Å². The van der Waals surface area contributed by atoms with Gasteiger partial charge in [-0.1, -0.05) is 25.3 Å². The SMILES string of the molecule is C=CCOc1cccc(OC(=O)C(=C)C)c1. The van der Waals surface area contributed by atoms with Crippen molar-refractivity contribution < 1.29 is 14.3 Å². The van der Waals surface area contributed by atoms with E-state index in [2.05, 4.69) is 13.2 Å². The van der Waals surface area contributed by atoms with Crippen molar-refractivity contribution in [2.45, 2.75) is 6.92 Å². The number of rotatable bonds is 5. The predicted molar refractivity (Wildman–Crippen MR) is 62.6 cm³/mol. The molecule has 3 heteroatoms. The number of benzene rings is 1. The summed E-state index contributed by atoms with van der Waals surface area (Å²) in [6.45, 7) is 9.06. The molecule has 0 aliphatic heterocycles. The molecule has 0 atom stereocenters. The summed E-state index contributed by atoms with van der Waals surface area (Å²) >= 11 is 0. The van der Waals surface area contributed by atoms with Crippen LogP contribution in [0.5, 0.6) is 11.5 Å². The fourth-order valence-electron chi connectivity index (χ4n) is 0.977. The van der Waals surface area contributed by atoms with Gasteiger partial charge >= 0.3 is 5.97 Å². The lowest BCUT2D eigenvalue weighted by atomic mass is 10.3. The van der Waals surface area contributed by atoms with Crippen LogP contribution in [0.1, 0.15) is 6.92 Å². The first-order valence-corrected chi connectivity index (χ1v) is 4.85. The van der Waals surface area contributed by atoms with Gasteiger partial charge in [0.2, 0.25) is 0 Å². The second kappa shape index (κ2) is 5.75. The lowest BCUT2D eigenvalue weighted by Gasteiger charge is -2.06. The van der Waals surface area contributed by atoms with E-state index in [9.17, 15) is 4.79 Å². The van der Waals surface area contributed by atoms with Crippen molar-refractivity contribution in [3.05, 3.63) is 49.1 Å². The van der Waals surface area contributed by atoms with E-state index in [4.69, 9.17) is 9.47 Å². The predicted octanol–water partition coefficient (Wildman–Crippen LogP) is 2.73. The largest absolute Gasteiger partial charge is 0.489 e. The third-order valence-corrected chi connectivity index (χ3v) is 1.73. The third-order valence-electron chi connectivity index (χ3n) is 1.73. The maximum absolute atomic E-state index is 11.3. The fourth-order valence-corrected chi connectivity index (χ4v) is 0.977. The molecule has 1 rings (SSSR count). The summed E-state index contributed by atoms with van der Waals surface area (Å²) in [7, 11) is 0. The lowest BCUT2D eigenvalue weighted by Crippen LogP contribution is -2.08. The van der Waals surface area contributed by atoms with Crippen molar-refractivity contribution in [3.8, 4) is 11.5 Å². The Hall–Kier alpha value is -2.03. The molecule has 0 unspecified atom stereocenters. The van der Waals surface area contributed by atoms with Crippen LogP contribution < -0.4 is 9.47 Å². The normalized spacial score (nSPS) is 9.31. The minimum Gasteiger partial charge on any atom is -0.489 e. The summed E-state index contributed by atoms with van der Waals surface area (Å²) in [5.41, 5.74) is 0.359. The van der Waals surface area contributed by atoms with Crippen LogP contribution in [-0.2, 0) is 4.79 Å². The van der Waals surface area contributed by atoms with Crippen molar-refractivity contribution in [1.29, 1.82) is 0 Å². The number of ether oxygens (including phenoxy) is 2. The molecular formula is C13H14O3. The molecule has 0 aromatic heterocycles. The van der Waals surface area contributed by atoms with Crippen LogP contribution in [0.25, 0.3) is 0 Å². The molecule has 0 heterocycles. The maximum Gasteiger partial charge on any atom is 0.338 e. The Morgan fingerprint density at radius 1 is 1.44 bits per heavy atom. The summed E-state index contributed by atoms with van der Waals surface area (Å²) in [6, 6.07) is 6.85. The van der Waals surface area contributed by atoms with Gasteiger partial charge in [-0.2, -0.15) is 0 Å². The molecule has 0 aliphatic rings. The third kappa shape index (κ3) is 3.61. The Kier molecular flexibility index (Phi) is 4.33. The van der Waals surface area contributed by atoms with Gasteiger partial charge < -0.3 is 9.47 Å². The van der Waals surface area contributed by atoms with Crippen LogP contribution in [0.4, 0.5) is 0 Å². The molecule has 0 saturated heterocycles. The van der Waals surface area contributed by atoms with E-state index in [-0.39, 0.29) is 0 Å². The van der Waals surface area contributed by atoms with Crippen molar-refractivity contribution >= 4 is 5.97 Å². The molecule has 0 radical (unpaired) electrons. The molecule has 1 aromatic rings. The molecule has 0 amide bonds. The van der Waals surface area contributed by atoms with Gasteiger partial charge in [0.15, 0.2) is 0 Å². The highest BCUT2D eigenvalue weighted by Gasteiger charge is 2.05. The zero-order valence-corrected chi connectivity index (χ0v) is 9.23. The van der Waals surface area contributed by atoms with Crippen molar-refractivity contribution in [3.63, 3.8) is 0 Å². The molecule has 0 bridgehead atoms. The number of esters is 1. The van der Waals surface area contributed by atoms with Crippen molar-refractivity contribution in [2.24, 2.45) is 0 Å². The van der Waals surface area contributed by atoms with Crippen molar-refractivity contribution in [1.82, 2.24) is 0 Å². The molecule has 84 valence electrons. The maximum atomic E-state index is 11.3. The van der Waals surface area contributed by atoms with Gasteiger partial charge in [-0.15, -0.1) is 0 Å². The highest BCUT2D eigenvalue weighted by atomic mass is 16.5. The van der Waals surface area contributed by atoms with E-state index in [1.165, 1.54) is 0 Å². The monoisotopic (exact) mass is 218 g/mol. The van der Waals surface area contributed by atoms with Crippen LogP contribution in [-0.4, -0.2) is 12.6 Å². The summed E-state index contributed by atoms with van der Waals surface area (Å²) in [5.74, 6) is 0.627. The van der Waals surface area contributed by atoms with E-state index >= 15 is 0 Å². The first-order valence-electron chi connectivity index (χ1n) is 4.85. The van der Waals surface area contributed by atoms with E-state index in [0.717, 1.165) is 0 Å². The molecule has 3 nitrogen and oxygen atoms in total. The molecule has 0 aliphatic carbocycles. The Morgan fingerprint density at radius 3 is 2.75 bits per heavy atom. The molecular weight excluding hydrogens is 204 g/mol. The summed E-state index contributed by atoms with van der Waals surface area (Å²) in [6.07, 6.45) is 1.65. The summed E-state index contributed by atoms with van der Waals surface area (Å²) < 4.78 is 10.4. The number of hydrogen-bond donors (Lipinski definition) is 0. The molecule has 0 spiro atoms. The number of hydrogen-bond acceptors (Lipinski definition) is 3. The highest BCUT2D eigenvalue weighted by molar-refractivity contribution is 5.88. The highest BCUT2D eigenvalue weighted by Crippen LogP contribution is 2.20. The number of carbonyl (C=O) groups excluding carboxylic acids is 1. The smallest absolute Gasteiger partial charge is 0.338 e. The van der Waals surface area contributed by atoms with Crippen LogP contribution in [0.15, 0.2) is 49.1 Å². The molecule has 1 aromatic carbocycles. The Bertz CT molecular complexity index is 407. The van der Waals surface area contributed by atoms with Crippen LogP contribution in [0, 0.1) is 0 Å². The second-order valence-electron chi connectivity index (χ2n) is 3.24. The topological polar surface area (TPSA) is 35.5 Å². The first kappa shape index (κ1) is 12.0. The lowest BCUT2D eigenvalue weighted by molar-refractivity contribution is -0.130. The van der Waals surface area contributed by atoms with E-state index < -0.39 is 5.97 Å².